The van der Waals surface area contributed by atoms with Crippen LogP contribution in [0.1, 0.15) is 5.69 Å². The van der Waals surface area contributed by atoms with Crippen molar-refractivity contribution in [2.75, 3.05) is 0 Å². The van der Waals surface area contributed by atoms with Gasteiger partial charge in [-0.1, -0.05) is 109 Å². The number of para-hydroxylation sites is 5. The number of hydrogen-bond acceptors (Lipinski definition) is 6. The van der Waals surface area contributed by atoms with Gasteiger partial charge in [-0.2, -0.15) is 0 Å². The smallest absolute Gasteiger partial charge is 0.166 e. The quantitative estimate of drug-likeness (QED) is 0.122. The number of hydrogen-bond donors (Lipinski definition) is 0. The van der Waals surface area contributed by atoms with Gasteiger partial charge in [-0.3, -0.25) is 4.98 Å². The minimum atomic E-state index is -1.83. The van der Waals surface area contributed by atoms with Crippen molar-refractivity contribution in [3.8, 4) is 73.6 Å². The van der Waals surface area contributed by atoms with Crippen LogP contribution in [0.15, 0.2) is 187 Å². The van der Waals surface area contributed by atoms with E-state index in [4.69, 9.17) is 18.9 Å². The Hall–Kier alpha value is -7.10. The molecule has 0 saturated carbocycles. The normalized spacial score (nSPS) is 11.8. The van der Waals surface area contributed by atoms with E-state index in [1.54, 1.807) is 0 Å². The second-order valence-electron chi connectivity index (χ2n) is 17.1. The molecule has 0 saturated heterocycles. The summed E-state index contributed by atoms with van der Waals surface area (Å²) in [6, 6.07) is 66.4. The van der Waals surface area contributed by atoms with Gasteiger partial charge in [0, 0.05) is 31.2 Å². The fourth-order valence-corrected chi connectivity index (χ4v) is 10.5. The molecule has 7 nitrogen and oxygen atoms in total. The molecule has 9 heteroatoms. The molecule has 1 aliphatic heterocycles. The van der Waals surface area contributed by atoms with E-state index in [0.717, 1.165) is 83.7 Å². The first-order valence-corrected chi connectivity index (χ1v) is 29.0. The Morgan fingerprint density at radius 3 is 1.89 bits per heavy atom. The van der Waals surface area contributed by atoms with Gasteiger partial charge in [-0.15, -0.1) is 17.7 Å². The van der Waals surface area contributed by atoms with Gasteiger partial charge in [0.2, 0.25) is 0 Å². The molecule has 0 N–H and O–H groups in total. The minimum absolute atomic E-state index is 0. The van der Waals surface area contributed by atoms with E-state index in [2.05, 4.69) is 153 Å². The van der Waals surface area contributed by atoms with Crippen molar-refractivity contribution in [1.82, 2.24) is 19.5 Å². The summed E-state index contributed by atoms with van der Waals surface area (Å²) < 4.78 is 21.9. The molecule has 12 rings (SSSR count). The zero-order valence-corrected chi connectivity index (χ0v) is 41.2. The summed E-state index contributed by atoms with van der Waals surface area (Å²) >= 11 is -1.83. The van der Waals surface area contributed by atoms with Crippen molar-refractivity contribution < 1.29 is 34.0 Å². The first-order chi connectivity index (χ1) is 31.7. The molecule has 0 fully saturated rings. The second kappa shape index (κ2) is 17.7. The third kappa shape index (κ3) is 8.13. The summed E-state index contributed by atoms with van der Waals surface area (Å²) in [5.41, 5.74) is 12.6. The fraction of sp³-hybridized carbons (Fsp3) is 0.0702. The van der Waals surface area contributed by atoms with Crippen LogP contribution in [0, 0.1) is 19.1 Å². The van der Waals surface area contributed by atoms with Gasteiger partial charge in [0.15, 0.2) is 11.5 Å². The Balaban J connectivity index is 0.000000175. The maximum atomic E-state index is 6.26. The van der Waals surface area contributed by atoms with Gasteiger partial charge < -0.3 is 14.0 Å². The van der Waals surface area contributed by atoms with Crippen LogP contribution in [-0.4, -0.2) is 32.8 Å². The molecule has 1 aliphatic rings. The summed E-state index contributed by atoms with van der Waals surface area (Å²) in [5, 5.41) is 2.10. The number of benzene rings is 7. The standard InChI is InChI=1S/C37H23N2O2.C20H19GeN2O.Ir/c1-3-12-25(13-4-1)28-16-11-17-29(26-14-5-2-6-15-26)36(28)39-31-19-8-7-18-30(31)38-37(39)27-22-23-34-35(24-27)41-33-21-10-9-20-32(33)40-34;1-13-5-8-16-17-11-14(6-10-19(17)24-20(16)23-13)18-9-7-15(12-22-18)21(2,3)4;/h1-21,23-24H;5,7-12H,1-4H3;/q2*-1;. The van der Waals surface area contributed by atoms with E-state index >= 15 is 0 Å². The predicted molar refractivity (Wildman–Crippen MR) is 264 cm³/mol. The molecule has 0 unspecified atom stereocenters. The summed E-state index contributed by atoms with van der Waals surface area (Å²) in [4.78, 5) is 14.3. The van der Waals surface area contributed by atoms with Crippen LogP contribution >= 0.6 is 0 Å². The number of ether oxygens (including phenoxy) is 2. The van der Waals surface area contributed by atoms with Crippen LogP contribution < -0.4 is 13.9 Å². The Labute approximate surface area is 399 Å². The Morgan fingerprint density at radius 1 is 0.561 bits per heavy atom. The monoisotopic (exact) mass is 1100 g/mol. The summed E-state index contributed by atoms with van der Waals surface area (Å²) in [7, 11) is 0. The summed E-state index contributed by atoms with van der Waals surface area (Å²) in [6.07, 6.45) is 2.03. The molecular weight excluding hydrogens is 1050 g/mol. The Kier molecular flexibility index (Phi) is 11.5. The number of pyridine rings is 2. The number of furan rings is 1. The van der Waals surface area contributed by atoms with Crippen molar-refractivity contribution in [2.24, 2.45) is 0 Å². The molecule has 66 heavy (non-hydrogen) atoms. The maximum Gasteiger partial charge on any atom is 0.166 e. The van der Waals surface area contributed by atoms with E-state index in [0.29, 0.717) is 28.7 Å². The number of nitrogens with zero attached hydrogens (tertiary/aromatic N) is 4. The number of rotatable bonds is 6. The van der Waals surface area contributed by atoms with Crippen LogP contribution in [0.5, 0.6) is 23.0 Å². The van der Waals surface area contributed by atoms with Crippen LogP contribution in [0.3, 0.4) is 0 Å². The van der Waals surface area contributed by atoms with Crippen LogP contribution in [0.2, 0.25) is 17.3 Å². The summed E-state index contributed by atoms with van der Waals surface area (Å²) in [5.74, 6) is 10.5. The number of aromatic nitrogens is 4. The first kappa shape index (κ1) is 42.8. The van der Waals surface area contributed by atoms with Crippen molar-refractivity contribution in [1.29, 1.82) is 0 Å². The third-order valence-electron chi connectivity index (χ3n) is 11.7. The number of fused-ring (bicyclic) bond motifs is 6. The topological polar surface area (TPSA) is 75.2 Å². The van der Waals surface area contributed by atoms with Gasteiger partial charge >= 0.3 is 144 Å². The van der Waals surface area contributed by atoms with Crippen LogP contribution in [0.4, 0.5) is 0 Å². The molecule has 7 aromatic carbocycles. The Bertz CT molecular complexity index is 3490. The van der Waals surface area contributed by atoms with E-state index < -0.39 is 13.3 Å². The van der Waals surface area contributed by atoms with Gasteiger partial charge in [0.25, 0.3) is 0 Å². The van der Waals surface area contributed by atoms with Crippen LogP contribution in [-0.2, 0) is 20.1 Å². The van der Waals surface area contributed by atoms with Gasteiger partial charge in [0.05, 0.1) is 34.0 Å². The van der Waals surface area contributed by atoms with Crippen molar-refractivity contribution >= 4 is 50.8 Å². The van der Waals surface area contributed by atoms with E-state index in [1.807, 2.05) is 79.9 Å². The van der Waals surface area contributed by atoms with Crippen molar-refractivity contribution in [3.63, 3.8) is 0 Å². The van der Waals surface area contributed by atoms with Crippen LogP contribution in [0.25, 0.3) is 83.7 Å². The zero-order valence-electron chi connectivity index (χ0n) is 36.7. The molecule has 0 bridgehead atoms. The molecule has 4 aromatic heterocycles. The maximum absolute atomic E-state index is 6.26. The van der Waals surface area contributed by atoms with Gasteiger partial charge in [0.1, 0.15) is 0 Å². The average Bonchev–Trinajstić information content (AvgIpc) is 3.91. The first-order valence-electron chi connectivity index (χ1n) is 21.7. The van der Waals surface area contributed by atoms with E-state index in [-0.39, 0.29) is 20.1 Å². The van der Waals surface area contributed by atoms with E-state index in [9.17, 15) is 0 Å². The van der Waals surface area contributed by atoms with Crippen molar-refractivity contribution in [3.05, 3.63) is 200 Å². The van der Waals surface area contributed by atoms with Gasteiger partial charge in [-0.25, -0.2) is 0 Å². The van der Waals surface area contributed by atoms with Crippen molar-refractivity contribution in [2.45, 2.75) is 24.2 Å². The number of aryl methyl sites for hydroxylation is 1. The molecule has 0 atom stereocenters. The molecule has 5 heterocycles. The second-order valence-corrected chi connectivity index (χ2v) is 27.8. The van der Waals surface area contributed by atoms with E-state index in [1.165, 1.54) is 4.40 Å². The molecular formula is C57H42GeIrN4O3-2. The minimum Gasteiger partial charge on any atom is -0.494 e. The fourth-order valence-electron chi connectivity index (χ4n) is 8.36. The molecule has 0 spiro atoms. The molecule has 0 amide bonds. The summed E-state index contributed by atoms with van der Waals surface area (Å²) in [6.45, 7) is 1.97. The zero-order chi connectivity index (χ0) is 44.1. The molecule has 323 valence electrons. The predicted octanol–water partition coefficient (Wildman–Crippen LogP) is 14.4. The largest absolute Gasteiger partial charge is 0.494 e. The molecule has 0 aliphatic carbocycles. The third-order valence-corrected chi connectivity index (χ3v) is 16.0. The molecule has 1 radical (unpaired) electrons. The Morgan fingerprint density at radius 2 is 1.21 bits per heavy atom. The van der Waals surface area contributed by atoms with Gasteiger partial charge in [-0.05, 0) is 35.4 Å². The number of imidazole rings is 1. The SMILES string of the molecule is Cc1ccc2c(n1)oc1c[c-]c(-c3cc[c]([Ge]([CH3])([CH3])[CH3])cn3)cc12.[Ir].[c-]1cc2c(cc1-c1nc3ccccc3n1-c1c(-c3ccccc3)cccc1-c1ccccc1)Oc1ccccc1O2. The average molecular weight is 1100 g/mol. The molecule has 11 aromatic rings.